The summed E-state index contributed by atoms with van der Waals surface area (Å²) in [7, 11) is 0. The van der Waals surface area contributed by atoms with Crippen molar-refractivity contribution in [3.8, 4) is 17.2 Å². The number of hydrogen-bond donors (Lipinski definition) is 1. The molecule has 11 nitrogen and oxygen atoms in total. The fraction of sp³-hybridized carbons (Fsp3) is 0.115. The lowest BCUT2D eigenvalue weighted by Gasteiger charge is -2.09. The Hall–Kier alpha value is -5.19. The number of ether oxygens (including phenoxy) is 2. The lowest BCUT2D eigenvalue weighted by Crippen LogP contribution is -2.11. The maximum Gasteiger partial charge on any atom is 0.291 e. The quantitative estimate of drug-likeness (QED) is 0.206. The minimum absolute atomic E-state index is 0.0159. The molecule has 188 valence electrons. The van der Waals surface area contributed by atoms with E-state index >= 15 is 0 Å². The molecule has 0 aliphatic heterocycles. The van der Waals surface area contributed by atoms with Crippen LogP contribution >= 0.6 is 0 Å². The summed E-state index contributed by atoms with van der Waals surface area (Å²) < 4.78 is 16.9. The van der Waals surface area contributed by atoms with E-state index in [1.807, 2.05) is 19.1 Å². The number of aryl methyl sites for hydroxylation is 2. The lowest BCUT2D eigenvalue weighted by atomic mass is 10.2. The Balaban J connectivity index is 1.44. The number of nitrogens with zero attached hydrogens (tertiary/aromatic N) is 2. The molecular formula is C26H21N3O8. The molecule has 37 heavy (non-hydrogen) atoms. The molecule has 0 radical (unpaired) electrons. The Kier molecular flexibility index (Phi) is 7.14. The molecule has 4 rings (SSSR count). The van der Waals surface area contributed by atoms with Crippen LogP contribution in [-0.2, 0) is 6.61 Å². The number of rotatable bonds is 9. The van der Waals surface area contributed by atoms with Crippen molar-refractivity contribution in [3.63, 3.8) is 0 Å². The Labute approximate surface area is 210 Å². The van der Waals surface area contributed by atoms with E-state index in [4.69, 9.17) is 13.9 Å². The zero-order valence-corrected chi connectivity index (χ0v) is 19.8. The van der Waals surface area contributed by atoms with Crippen molar-refractivity contribution in [1.82, 2.24) is 0 Å². The summed E-state index contributed by atoms with van der Waals surface area (Å²) in [4.78, 5) is 34.0. The van der Waals surface area contributed by atoms with Crippen LogP contribution in [0.1, 0.15) is 27.4 Å². The highest BCUT2D eigenvalue weighted by Crippen LogP contribution is 2.30. The molecule has 0 atom stereocenters. The van der Waals surface area contributed by atoms with Gasteiger partial charge in [0.15, 0.2) is 5.76 Å². The first-order valence-electron chi connectivity index (χ1n) is 11.0. The smallest absolute Gasteiger partial charge is 0.291 e. The minimum atomic E-state index is -0.626. The average Bonchev–Trinajstić information content (AvgIpc) is 3.33. The van der Waals surface area contributed by atoms with E-state index in [1.165, 1.54) is 42.5 Å². The fourth-order valence-corrected chi connectivity index (χ4v) is 3.41. The summed E-state index contributed by atoms with van der Waals surface area (Å²) in [6.07, 6.45) is 0. The van der Waals surface area contributed by atoms with Gasteiger partial charge in [-0.05, 0) is 50.2 Å². The highest BCUT2D eigenvalue weighted by atomic mass is 16.6. The van der Waals surface area contributed by atoms with Crippen LogP contribution in [0.5, 0.6) is 17.2 Å². The number of non-ortho nitro benzene ring substituents is 1. The maximum atomic E-state index is 12.7. The van der Waals surface area contributed by atoms with Gasteiger partial charge in [0.05, 0.1) is 21.6 Å². The number of amides is 1. The van der Waals surface area contributed by atoms with Gasteiger partial charge in [-0.15, -0.1) is 0 Å². The van der Waals surface area contributed by atoms with E-state index in [2.05, 4.69) is 5.32 Å². The van der Waals surface area contributed by atoms with Gasteiger partial charge in [0, 0.05) is 23.8 Å². The third-order valence-corrected chi connectivity index (χ3v) is 5.25. The number of carbonyl (C=O) groups excluding carboxylic acids is 1. The van der Waals surface area contributed by atoms with Crippen molar-refractivity contribution >= 4 is 23.0 Å². The molecule has 0 aliphatic rings. The van der Waals surface area contributed by atoms with Gasteiger partial charge in [-0.1, -0.05) is 17.7 Å². The van der Waals surface area contributed by atoms with Crippen LogP contribution in [0.25, 0.3) is 0 Å². The van der Waals surface area contributed by atoms with E-state index in [-0.39, 0.29) is 35.2 Å². The molecule has 1 aromatic heterocycles. The van der Waals surface area contributed by atoms with Crippen molar-refractivity contribution in [2.45, 2.75) is 20.5 Å². The molecule has 1 heterocycles. The second-order valence-corrected chi connectivity index (χ2v) is 8.10. The molecule has 3 aromatic carbocycles. The first kappa shape index (κ1) is 24.9. The van der Waals surface area contributed by atoms with E-state index in [0.29, 0.717) is 22.8 Å². The van der Waals surface area contributed by atoms with Gasteiger partial charge in [-0.25, -0.2) is 0 Å². The Bertz CT molecular complexity index is 1480. The molecule has 0 unspecified atom stereocenters. The molecule has 0 bridgehead atoms. The van der Waals surface area contributed by atoms with Gasteiger partial charge in [-0.2, -0.15) is 0 Å². The largest absolute Gasteiger partial charge is 0.486 e. The summed E-state index contributed by atoms with van der Waals surface area (Å²) in [6, 6.07) is 18.4. The molecule has 0 aliphatic carbocycles. The third kappa shape index (κ3) is 6.28. The second kappa shape index (κ2) is 10.6. The molecule has 11 heteroatoms. The van der Waals surface area contributed by atoms with Crippen LogP contribution in [0.4, 0.5) is 17.1 Å². The number of nitro groups is 2. The molecule has 0 fully saturated rings. The summed E-state index contributed by atoms with van der Waals surface area (Å²) in [5.41, 5.74) is 1.36. The summed E-state index contributed by atoms with van der Waals surface area (Å²) in [5, 5.41) is 24.9. The van der Waals surface area contributed by atoms with E-state index in [0.717, 1.165) is 5.56 Å². The zero-order valence-electron chi connectivity index (χ0n) is 19.8. The Morgan fingerprint density at radius 1 is 0.865 bits per heavy atom. The molecule has 0 saturated carbocycles. The van der Waals surface area contributed by atoms with E-state index < -0.39 is 15.8 Å². The summed E-state index contributed by atoms with van der Waals surface area (Å²) in [6.45, 7) is 3.51. The summed E-state index contributed by atoms with van der Waals surface area (Å²) >= 11 is 0. The predicted octanol–water partition coefficient (Wildman–Crippen LogP) is 6.34. The monoisotopic (exact) mass is 503 g/mol. The summed E-state index contributed by atoms with van der Waals surface area (Å²) in [5.74, 6) is 0.750. The number of furan rings is 1. The van der Waals surface area contributed by atoms with Gasteiger partial charge in [0.2, 0.25) is 0 Å². The minimum Gasteiger partial charge on any atom is -0.486 e. The first-order valence-corrected chi connectivity index (χ1v) is 11.0. The van der Waals surface area contributed by atoms with E-state index in [1.54, 1.807) is 25.1 Å². The van der Waals surface area contributed by atoms with Gasteiger partial charge < -0.3 is 19.2 Å². The highest BCUT2D eigenvalue weighted by molar-refractivity contribution is 6.02. The molecule has 0 saturated heterocycles. The number of benzene rings is 3. The lowest BCUT2D eigenvalue weighted by molar-refractivity contribution is -0.385. The number of hydrogen-bond acceptors (Lipinski definition) is 8. The van der Waals surface area contributed by atoms with Crippen molar-refractivity contribution in [1.29, 1.82) is 0 Å². The van der Waals surface area contributed by atoms with Gasteiger partial charge >= 0.3 is 0 Å². The van der Waals surface area contributed by atoms with E-state index in [9.17, 15) is 25.0 Å². The fourth-order valence-electron chi connectivity index (χ4n) is 3.41. The maximum absolute atomic E-state index is 12.7. The van der Waals surface area contributed by atoms with Crippen LogP contribution in [-0.4, -0.2) is 15.8 Å². The SMILES string of the molecule is Cc1ccc(Oc2cc(NC(=O)c3ccc(COc4ccc([N+](=O)[O-])c(C)c4)o3)cc([N+](=O)[O-])c2)cc1. The third-order valence-electron chi connectivity index (χ3n) is 5.25. The van der Waals surface area contributed by atoms with Crippen LogP contribution in [0.2, 0.25) is 0 Å². The molecule has 4 aromatic rings. The normalized spacial score (nSPS) is 10.5. The number of anilines is 1. The van der Waals surface area contributed by atoms with Crippen LogP contribution in [0.3, 0.4) is 0 Å². The molecule has 1 N–H and O–H groups in total. The Morgan fingerprint density at radius 3 is 2.27 bits per heavy atom. The number of nitro benzene ring substituents is 2. The van der Waals surface area contributed by atoms with Crippen LogP contribution < -0.4 is 14.8 Å². The first-order chi connectivity index (χ1) is 17.7. The Morgan fingerprint density at radius 2 is 1.59 bits per heavy atom. The topological polar surface area (TPSA) is 147 Å². The van der Waals surface area contributed by atoms with Crippen molar-refractivity contribution in [3.05, 3.63) is 116 Å². The van der Waals surface area contributed by atoms with Gasteiger partial charge in [0.25, 0.3) is 17.3 Å². The number of nitrogens with one attached hydrogen (secondary N) is 1. The highest BCUT2D eigenvalue weighted by Gasteiger charge is 2.17. The molecule has 0 spiro atoms. The molecular weight excluding hydrogens is 482 g/mol. The number of carbonyl (C=O) groups is 1. The molecule has 1 amide bonds. The zero-order chi connectivity index (χ0) is 26.5. The average molecular weight is 503 g/mol. The van der Waals surface area contributed by atoms with Crippen molar-refractivity contribution < 1.29 is 28.5 Å². The van der Waals surface area contributed by atoms with Gasteiger partial charge in [0.1, 0.15) is 29.6 Å². The van der Waals surface area contributed by atoms with Crippen LogP contribution in [0, 0.1) is 34.1 Å². The van der Waals surface area contributed by atoms with Crippen molar-refractivity contribution in [2.24, 2.45) is 0 Å². The standard InChI is InChI=1S/C26H21N3O8/c1-16-3-5-20(6-4-16)36-23-13-18(12-19(14-23)28(31)32)27-26(30)25-10-8-22(37-25)15-35-21-7-9-24(29(33)34)17(2)11-21/h3-14H,15H2,1-2H3,(H,27,30). The second-order valence-electron chi connectivity index (χ2n) is 8.10. The van der Waals surface area contributed by atoms with Gasteiger partial charge in [-0.3, -0.25) is 25.0 Å². The predicted molar refractivity (Wildman–Crippen MR) is 133 cm³/mol. The van der Waals surface area contributed by atoms with Crippen LogP contribution in [0.15, 0.2) is 77.2 Å². The van der Waals surface area contributed by atoms with Crippen molar-refractivity contribution in [2.75, 3.05) is 5.32 Å².